The van der Waals surface area contributed by atoms with Crippen LogP contribution in [-0.2, 0) is 20.0 Å². The molecule has 1 N–H and O–H groups in total. The van der Waals surface area contributed by atoms with Crippen LogP contribution in [-0.4, -0.2) is 38.2 Å². The molecular weight excluding hydrogens is 414 g/mol. The molecule has 0 saturated heterocycles. The Hall–Kier alpha value is -2.55. The predicted octanol–water partition coefficient (Wildman–Crippen LogP) is 4.78. The average molecular weight is 438 g/mol. The number of amides is 1. The van der Waals surface area contributed by atoms with Crippen molar-refractivity contribution < 1.29 is 4.79 Å². The Bertz CT molecular complexity index is 1200. The molecule has 154 valence electrons. The molecule has 3 aromatic heterocycles. The van der Waals surface area contributed by atoms with E-state index >= 15 is 0 Å². The van der Waals surface area contributed by atoms with Crippen molar-refractivity contribution >= 4 is 43.8 Å². The minimum absolute atomic E-state index is 0.142. The molecule has 0 fully saturated rings. The first-order valence-corrected chi connectivity index (χ1v) is 11.7. The summed E-state index contributed by atoms with van der Waals surface area (Å²) in [5.41, 5.74) is 3.97. The summed E-state index contributed by atoms with van der Waals surface area (Å²) in [5, 5.41) is 9.15. The van der Waals surface area contributed by atoms with Crippen LogP contribution >= 0.6 is 22.7 Å². The Kier molecular flexibility index (Phi) is 4.92. The van der Waals surface area contributed by atoms with Crippen LogP contribution in [0.25, 0.3) is 20.8 Å². The summed E-state index contributed by atoms with van der Waals surface area (Å²) in [4.78, 5) is 21.7. The monoisotopic (exact) mass is 437 g/mol. The first kappa shape index (κ1) is 19.4. The van der Waals surface area contributed by atoms with Crippen molar-refractivity contribution in [3.8, 4) is 10.6 Å². The highest BCUT2D eigenvalue weighted by Crippen LogP contribution is 2.46. The summed E-state index contributed by atoms with van der Waals surface area (Å²) < 4.78 is 2.76. The van der Waals surface area contributed by atoms with E-state index in [9.17, 15) is 4.79 Å². The number of thiophene rings is 1. The molecule has 8 heteroatoms. The number of para-hydroxylation sites is 1. The first-order valence-electron chi connectivity index (χ1n) is 10.0. The second-order valence-corrected chi connectivity index (χ2v) is 9.94. The summed E-state index contributed by atoms with van der Waals surface area (Å²) in [5.74, 6) is -0.142. The molecule has 1 aliphatic heterocycles. The number of hydrogen-bond donors (Lipinski definition) is 1. The van der Waals surface area contributed by atoms with Gasteiger partial charge in [-0.2, -0.15) is 5.10 Å². The molecule has 0 aliphatic carbocycles. The number of aryl methyl sites for hydroxylation is 1. The fraction of sp³-hybridized carbons (Fsp3) is 0.318. The molecule has 0 radical (unpaired) electrons. The Morgan fingerprint density at radius 3 is 2.77 bits per heavy atom. The molecule has 0 spiro atoms. The molecule has 0 unspecified atom stereocenters. The predicted molar refractivity (Wildman–Crippen MR) is 123 cm³/mol. The zero-order valence-corrected chi connectivity index (χ0v) is 18.8. The van der Waals surface area contributed by atoms with E-state index in [2.05, 4.69) is 35.2 Å². The van der Waals surface area contributed by atoms with Gasteiger partial charge in [-0.3, -0.25) is 14.4 Å². The van der Waals surface area contributed by atoms with E-state index in [4.69, 9.17) is 4.98 Å². The maximum Gasteiger partial charge on any atom is 0.274 e. The van der Waals surface area contributed by atoms with E-state index in [1.807, 2.05) is 18.2 Å². The lowest BCUT2D eigenvalue weighted by molar-refractivity contribution is 0.101. The third-order valence-electron chi connectivity index (χ3n) is 5.61. The van der Waals surface area contributed by atoms with Gasteiger partial charge in [0.25, 0.3) is 5.91 Å². The number of fused-ring (bicyclic) bond motifs is 2. The van der Waals surface area contributed by atoms with Gasteiger partial charge in [-0.05, 0) is 44.0 Å². The second kappa shape index (κ2) is 7.61. The quantitative estimate of drug-likeness (QED) is 0.499. The van der Waals surface area contributed by atoms with Gasteiger partial charge in [-0.25, -0.2) is 4.98 Å². The van der Waals surface area contributed by atoms with E-state index in [1.165, 1.54) is 10.4 Å². The van der Waals surface area contributed by atoms with Crippen molar-refractivity contribution in [1.29, 1.82) is 0 Å². The standard InChI is InChI=1S/C22H23N5OS2/c1-13(2)27-11-9-14-18(12-27)30-22(25-20(28)16-8-10-23-26(16)3)19(14)21-24-15-6-4-5-7-17(15)29-21/h4-8,10,13H,9,11-12H2,1-3H3,(H,25,28). The molecule has 30 heavy (non-hydrogen) atoms. The third-order valence-corrected chi connectivity index (χ3v) is 7.79. The number of carbonyl (C=O) groups is 1. The largest absolute Gasteiger partial charge is 0.312 e. The SMILES string of the molecule is CC(C)N1CCc2c(sc(NC(=O)c3ccnn3C)c2-c2nc3ccccc3s2)C1. The van der Waals surface area contributed by atoms with Gasteiger partial charge in [-0.15, -0.1) is 22.7 Å². The van der Waals surface area contributed by atoms with Gasteiger partial charge < -0.3 is 5.32 Å². The van der Waals surface area contributed by atoms with E-state index in [0.717, 1.165) is 45.3 Å². The van der Waals surface area contributed by atoms with Crippen molar-refractivity contribution in [2.24, 2.45) is 7.05 Å². The van der Waals surface area contributed by atoms with E-state index in [0.29, 0.717) is 11.7 Å². The number of anilines is 1. The van der Waals surface area contributed by atoms with Crippen LogP contribution in [0.15, 0.2) is 36.5 Å². The number of benzene rings is 1. The number of hydrogen-bond acceptors (Lipinski definition) is 6. The molecule has 0 atom stereocenters. The zero-order chi connectivity index (χ0) is 20.8. The van der Waals surface area contributed by atoms with E-state index in [-0.39, 0.29) is 5.91 Å². The van der Waals surface area contributed by atoms with E-state index < -0.39 is 0 Å². The Morgan fingerprint density at radius 2 is 2.03 bits per heavy atom. The molecule has 4 heterocycles. The summed E-state index contributed by atoms with van der Waals surface area (Å²) in [6.45, 7) is 6.40. The van der Waals surface area contributed by atoms with Crippen molar-refractivity contribution in [1.82, 2.24) is 19.7 Å². The molecule has 0 bridgehead atoms. The highest BCUT2D eigenvalue weighted by Gasteiger charge is 2.29. The molecule has 1 aliphatic rings. The van der Waals surface area contributed by atoms with Crippen LogP contribution in [0.4, 0.5) is 5.00 Å². The fourth-order valence-electron chi connectivity index (χ4n) is 3.92. The van der Waals surface area contributed by atoms with Crippen LogP contribution in [0.1, 0.15) is 34.8 Å². The Balaban J connectivity index is 1.60. The van der Waals surface area contributed by atoms with Crippen molar-refractivity contribution in [2.75, 3.05) is 11.9 Å². The number of aromatic nitrogens is 3. The van der Waals surface area contributed by atoms with Gasteiger partial charge in [0.1, 0.15) is 15.7 Å². The Morgan fingerprint density at radius 1 is 1.20 bits per heavy atom. The zero-order valence-electron chi connectivity index (χ0n) is 17.2. The summed E-state index contributed by atoms with van der Waals surface area (Å²) >= 11 is 3.37. The lowest BCUT2D eigenvalue weighted by Crippen LogP contribution is -2.35. The number of carbonyl (C=O) groups excluding carboxylic acids is 1. The van der Waals surface area contributed by atoms with Crippen LogP contribution in [0.3, 0.4) is 0 Å². The molecule has 5 rings (SSSR count). The smallest absolute Gasteiger partial charge is 0.274 e. The van der Waals surface area contributed by atoms with E-state index in [1.54, 1.807) is 46.7 Å². The van der Waals surface area contributed by atoms with Crippen LogP contribution in [0.2, 0.25) is 0 Å². The molecular formula is C22H23N5OS2. The van der Waals surface area contributed by atoms with Gasteiger partial charge in [0.2, 0.25) is 0 Å². The minimum Gasteiger partial charge on any atom is -0.312 e. The average Bonchev–Trinajstić information content (AvgIpc) is 3.42. The highest BCUT2D eigenvalue weighted by atomic mass is 32.1. The molecule has 6 nitrogen and oxygen atoms in total. The summed E-state index contributed by atoms with van der Waals surface area (Å²) in [7, 11) is 1.78. The van der Waals surface area contributed by atoms with Crippen molar-refractivity contribution in [3.63, 3.8) is 0 Å². The third kappa shape index (κ3) is 3.34. The summed E-state index contributed by atoms with van der Waals surface area (Å²) in [6.07, 6.45) is 2.61. The topological polar surface area (TPSA) is 63.1 Å². The van der Waals surface area contributed by atoms with Crippen LogP contribution < -0.4 is 5.32 Å². The maximum atomic E-state index is 12.9. The van der Waals surface area contributed by atoms with Gasteiger partial charge in [-0.1, -0.05) is 12.1 Å². The van der Waals surface area contributed by atoms with Gasteiger partial charge in [0, 0.05) is 42.8 Å². The minimum atomic E-state index is -0.142. The normalized spacial score (nSPS) is 14.4. The lowest BCUT2D eigenvalue weighted by atomic mass is 10.0. The van der Waals surface area contributed by atoms with Gasteiger partial charge in [0.05, 0.1) is 10.2 Å². The molecule has 4 aromatic rings. The fourth-order valence-corrected chi connectivity index (χ4v) is 6.30. The van der Waals surface area contributed by atoms with Crippen LogP contribution in [0.5, 0.6) is 0 Å². The van der Waals surface area contributed by atoms with Gasteiger partial charge >= 0.3 is 0 Å². The highest BCUT2D eigenvalue weighted by molar-refractivity contribution is 7.22. The van der Waals surface area contributed by atoms with Crippen LogP contribution in [0, 0.1) is 0 Å². The number of nitrogens with one attached hydrogen (secondary N) is 1. The molecule has 1 amide bonds. The lowest BCUT2D eigenvalue weighted by Gasteiger charge is -2.30. The molecule has 0 saturated carbocycles. The number of rotatable bonds is 4. The Labute approximate surface area is 183 Å². The summed E-state index contributed by atoms with van der Waals surface area (Å²) in [6, 6.07) is 10.4. The number of thiazole rings is 1. The molecule has 1 aromatic carbocycles. The maximum absolute atomic E-state index is 12.9. The first-order chi connectivity index (χ1) is 14.5. The number of nitrogens with zero attached hydrogens (tertiary/aromatic N) is 4. The van der Waals surface area contributed by atoms with Gasteiger partial charge in [0.15, 0.2) is 0 Å². The van der Waals surface area contributed by atoms with Crippen molar-refractivity contribution in [2.45, 2.75) is 32.9 Å². The van der Waals surface area contributed by atoms with Crippen molar-refractivity contribution in [3.05, 3.63) is 52.7 Å². The second-order valence-electron chi connectivity index (χ2n) is 7.80.